The zero-order chi connectivity index (χ0) is 30.2. The summed E-state index contributed by atoms with van der Waals surface area (Å²) in [5, 5.41) is 0. The minimum atomic E-state index is -0.756. The summed E-state index contributed by atoms with van der Waals surface area (Å²) in [5.41, 5.74) is 12.5. The van der Waals surface area contributed by atoms with Crippen LogP contribution in [0.15, 0.2) is 97.1 Å². The fraction of sp³-hybridized carbons (Fsp3) is 0.128. The summed E-state index contributed by atoms with van der Waals surface area (Å²) < 4.78 is 0. The second-order valence-electron chi connectivity index (χ2n) is 11.5. The molecule has 4 aliphatic rings. The first-order valence-corrected chi connectivity index (χ1v) is 16.5. The molecular weight excluding hydrogens is 597 g/mol. The smallest absolute Gasteiger partial charge is 0.194 e. The fourth-order valence-electron chi connectivity index (χ4n) is 7.67. The number of benzene rings is 5. The second kappa shape index (κ2) is 10.3. The zero-order valence-electron chi connectivity index (χ0n) is 23.6. The molecule has 0 amide bonds. The Balaban J connectivity index is 1.42. The Labute approximate surface area is 273 Å². The summed E-state index contributed by atoms with van der Waals surface area (Å²) in [6.45, 7) is 0. The molecular formula is C39H26O2S3. The van der Waals surface area contributed by atoms with E-state index in [1.165, 1.54) is 50.1 Å². The molecule has 0 aromatic heterocycles. The van der Waals surface area contributed by atoms with Gasteiger partial charge in [-0.2, -0.15) is 37.9 Å². The third-order valence-corrected chi connectivity index (χ3v) is 10.5. The summed E-state index contributed by atoms with van der Waals surface area (Å²) >= 11 is 14.3. The molecule has 44 heavy (non-hydrogen) atoms. The van der Waals surface area contributed by atoms with Gasteiger partial charge < -0.3 is 0 Å². The number of hydrogen-bond acceptors (Lipinski definition) is 5. The number of carbonyl (C=O) groups is 2. The van der Waals surface area contributed by atoms with Crippen LogP contribution in [0, 0.1) is 11.8 Å². The maximum Gasteiger partial charge on any atom is 0.194 e. The molecule has 0 saturated carbocycles. The summed E-state index contributed by atoms with van der Waals surface area (Å²) in [6.07, 6.45) is 0. The van der Waals surface area contributed by atoms with Gasteiger partial charge in [0.05, 0.1) is 0 Å². The van der Waals surface area contributed by atoms with Crippen LogP contribution in [-0.4, -0.2) is 11.6 Å². The third-order valence-electron chi connectivity index (χ3n) is 9.50. The molecule has 0 atom stereocenters. The van der Waals surface area contributed by atoms with E-state index >= 15 is 0 Å². The first-order chi connectivity index (χ1) is 21.5. The molecule has 0 radical (unpaired) electrons. The van der Waals surface area contributed by atoms with E-state index in [1.807, 2.05) is 6.07 Å². The van der Waals surface area contributed by atoms with Crippen molar-refractivity contribution in [1.82, 2.24) is 0 Å². The van der Waals surface area contributed by atoms with Crippen LogP contribution in [0.25, 0.3) is 0 Å². The van der Waals surface area contributed by atoms with E-state index in [1.54, 1.807) is 36.4 Å². The number of hydrogen-bond donors (Lipinski definition) is 3. The fourth-order valence-corrected chi connectivity index (χ4v) is 8.50. The topological polar surface area (TPSA) is 34.1 Å². The molecule has 2 bridgehead atoms. The van der Waals surface area contributed by atoms with E-state index in [-0.39, 0.29) is 17.5 Å². The highest BCUT2D eigenvalue weighted by molar-refractivity contribution is 7.79. The molecule has 0 saturated heterocycles. The van der Waals surface area contributed by atoms with Crippen molar-refractivity contribution in [2.24, 2.45) is 0 Å². The van der Waals surface area contributed by atoms with Crippen molar-refractivity contribution in [3.63, 3.8) is 0 Å². The minimum absolute atomic E-state index is 0.0428. The number of fused-ring (bicyclic) bond motifs is 2. The van der Waals surface area contributed by atoms with Gasteiger partial charge in [-0.25, -0.2) is 0 Å². The molecule has 0 aliphatic heterocycles. The van der Waals surface area contributed by atoms with Crippen LogP contribution in [0.5, 0.6) is 0 Å². The Morgan fingerprint density at radius 1 is 0.545 bits per heavy atom. The summed E-state index contributed by atoms with van der Waals surface area (Å²) in [4.78, 5) is 26.8. The first kappa shape index (κ1) is 27.6. The standard InChI is InChI=1S/C39H26O2S3/c40-37-26-9-1-2-10-27(26)38(41)29-18-22(14-15-28(29)37)16-17-39-30-11-3-6-23(19-42)33(30)36(34-24(20-43)7-4-12-31(34)39)35-25(21-44)8-5-13-32(35)39/h1-15,18,36,42-44H,19-21H2. The largest absolute Gasteiger partial charge is 0.289 e. The van der Waals surface area contributed by atoms with Gasteiger partial charge in [0.15, 0.2) is 11.6 Å². The van der Waals surface area contributed by atoms with Crippen LogP contribution in [0.2, 0.25) is 0 Å². The molecule has 0 fully saturated rings. The van der Waals surface area contributed by atoms with E-state index in [4.69, 9.17) is 37.9 Å². The predicted octanol–water partition coefficient (Wildman–Crippen LogP) is 7.94. The molecule has 9 rings (SSSR count). The number of carbonyl (C=O) groups excluding carboxylic acids is 2. The lowest BCUT2D eigenvalue weighted by atomic mass is 9.51. The van der Waals surface area contributed by atoms with Gasteiger partial charge in [0.1, 0.15) is 5.41 Å². The normalized spacial score (nSPS) is 18.4. The monoisotopic (exact) mass is 622 g/mol. The summed E-state index contributed by atoms with van der Waals surface area (Å²) in [5.74, 6) is 8.90. The van der Waals surface area contributed by atoms with Gasteiger partial charge in [0, 0.05) is 51.0 Å². The first-order valence-electron chi connectivity index (χ1n) is 14.6. The highest BCUT2D eigenvalue weighted by Crippen LogP contribution is 2.61. The van der Waals surface area contributed by atoms with Crippen LogP contribution in [0.3, 0.4) is 0 Å². The Morgan fingerprint density at radius 3 is 1.48 bits per heavy atom. The van der Waals surface area contributed by atoms with Gasteiger partial charge in [-0.05, 0) is 68.3 Å². The van der Waals surface area contributed by atoms with Crippen LogP contribution in [0.1, 0.15) is 93.4 Å². The van der Waals surface area contributed by atoms with Gasteiger partial charge in [-0.3, -0.25) is 9.59 Å². The van der Waals surface area contributed by atoms with Gasteiger partial charge >= 0.3 is 0 Å². The molecule has 4 aliphatic carbocycles. The van der Waals surface area contributed by atoms with Gasteiger partial charge in [0.2, 0.25) is 0 Å². The van der Waals surface area contributed by atoms with E-state index in [0.717, 1.165) is 0 Å². The van der Waals surface area contributed by atoms with Crippen LogP contribution in [-0.2, 0) is 22.7 Å². The maximum atomic E-state index is 13.5. The van der Waals surface area contributed by atoms with Crippen molar-refractivity contribution in [1.29, 1.82) is 0 Å². The molecule has 0 unspecified atom stereocenters. The van der Waals surface area contributed by atoms with Crippen molar-refractivity contribution in [3.8, 4) is 11.8 Å². The molecule has 5 heteroatoms. The van der Waals surface area contributed by atoms with E-state index < -0.39 is 5.41 Å². The lowest BCUT2D eigenvalue weighted by Crippen LogP contribution is -2.43. The SMILES string of the molecule is O=C1c2ccccc2C(=O)c2cc(C#CC34c5cccc(CS)c5C(c5c(CS)cccc53)c3c(CS)cccc34)ccc21. The van der Waals surface area contributed by atoms with E-state index in [0.29, 0.717) is 45.1 Å². The van der Waals surface area contributed by atoms with E-state index in [9.17, 15) is 9.59 Å². The van der Waals surface area contributed by atoms with Crippen LogP contribution < -0.4 is 0 Å². The average molecular weight is 623 g/mol. The molecule has 212 valence electrons. The Hall–Kier alpha value is -3.95. The molecule has 5 aromatic carbocycles. The maximum absolute atomic E-state index is 13.5. The highest BCUT2D eigenvalue weighted by Gasteiger charge is 2.53. The van der Waals surface area contributed by atoms with Gasteiger partial charge in [-0.15, -0.1) is 0 Å². The van der Waals surface area contributed by atoms with Crippen molar-refractivity contribution in [2.45, 2.75) is 28.6 Å². The number of thiol groups is 3. The van der Waals surface area contributed by atoms with Gasteiger partial charge in [-0.1, -0.05) is 90.7 Å². The van der Waals surface area contributed by atoms with Crippen molar-refractivity contribution in [3.05, 3.63) is 175 Å². The molecule has 2 nitrogen and oxygen atoms in total. The Bertz CT molecular complexity index is 2010. The Kier molecular flexibility index (Phi) is 6.46. The quantitative estimate of drug-likeness (QED) is 0.138. The van der Waals surface area contributed by atoms with Crippen molar-refractivity contribution < 1.29 is 9.59 Å². The number of ketones is 2. The van der Waals surface area contributed by atoms with Crippen molar-refractivity contribution in [2.75, 3.05) is 0 Å². The third kappa shape index (κ3) is 3.62. The Morgan fingerprint density at radius 2 is 1.00 bits per heavy atom. The van der Waals surface area contributed by atoms with Crippen LogP contribution in [0.4, 0.5) is 0 Å². The lowest BCUT2D eigenvalue weighted by Gasteiger charge is -2.50. The lowest BCUT2D eigenvalue weighted by molar-refractivity contribution is 0.0979. The molecule has 0 spiro atoms. The van der Waals surface area contributed by atoms with Crippen molar-refractivity contribution >= 4 is 49.5 Å². The molecule has 0 N–H and O–H groups in total. The molecule has 5 aromatic rings. The molecule has 0 heterocycles. The summed E-state index contributed by atoms with van der Waals surface area (Å²) in [7, 11) is 0. The van der Waals surface area contributed by atoms with Gasteiger partial charge in [0.25, 0.3) is 0 Å². The zero-order valence-corrected chi connectivity index (χ0v) is 26.3. The summed E-state index contributed by atoms with van der Waals surface area (Å²) in [6, 6.07) is 31.9. The highest BCUT2D eigenvalue weighted by atomic mass is 32.1. The van der Waals surface area contributed by atoms with Crippen LogP contribution >= 0.6 is 37.9 Å². The average Bonchev–Trinajstić information content (AvgIpc) is 3.08. The minimum Gasteiger partial charge on any atom is -0.289 e. The predicted molar refractivity (Wildman–Crippen MR) is 185 cm³/mol. The number of rotatable bonds is 3. The second-order valence-corrected chi connectivity index (χ2v) is 12.5. The van der Waals surface area contributed by atoms with E-state index in [2.05, 4.69) is 66.4 Å².